The molecule has 0 saturated carbocycles. The van der Waals surface area contributed by atoms with Crippen LogP contribution in [0.4, 0.5) is 0 Å². The first-order valence-corrected chi connectivity index (χ1v) is 10.2. The quantitative estimate of drug-likeness (QED) is 0.831. The Morgan fingerprint density at radius 1 is 1.24 bits per heavy atom. The van der Waals surface area contributed by atoms with Crippen LogP contribution in [0.25, 0.3) is 0 Å². The molecule has 0 radical (unpaired) electrons. The molecule has 1 heterocycles. The summed E-state index contributed by atoms with van der Waals surface area (Å²) in [5.41, 5.74) is 0.0192. The highest BCUT2D eigenvalue weighted by atomic mass is 32.2. The molecule has 1 aliphatic heterocycles. The van der Waals surface area contributed by atoms with E-state index in [4.69, 9.17) is 0 Å². The Morgan fingerprint density at radius 3 is 2.44 bits per heavy atom. The number of piperidine rings is 1. The van der Waals surface area contributed by atoms with Crippen LogP contribution in [0.2, 0.25) is 0 Å². The van der Waals surface area contributed by atoms with Gasteiger partial charge in [-0.2, -0.15) is 0 Å². The highest BCUT2D eigenvalue weighted by Gasteiger charge is 2.39. The van der Waals surface area contributed by atoms with Crippen LogP contribution in [0.1, 0.15) is 38.7 Å². The molecule has 1 atom stereocenters. The number of benzene rings is 1. The molecule has 138 valence electrons. The first-order chi connectivity index (χ1) is 11.7. The second-order valence-electron chi connectivity index (χ2n) is 6.83. The van der Waals surface area contributed by atoms with Crippen molar-refractivity contribution in [2.75, 3.05) is 18.8 Å². The summed E-state index contributed by atoms with van der Waals surface area (Å²) in [5.74, 6) is -0.863. The average molecular weight is 367 g/mol. The molecule has 1 fully saturated rings. The fourth-order valence-electron chi connectivity index (χ4n) is 3.07. The lowest BCUT2D eigenvalue weighted by molar-refractivity contribution is -0.153. The standard InChI is InChI=1S/C18H25NO5S/c1-3-25(23,24)15-8-5-14(6-9-15)7-10-16(20)19-12-4-11-18(2,13-19)17(21)22/h5-6,8-9H,3-4,7,10-13H2,1-2H3,(H,21,22). The summed E-state index contributed by atoms with van der Waals surface area (Å²) in [6.45, 7) is 4.12. The smallest absolute Gasteiger partial charge is 0.311 e. The third-order valence-corrected chi connectivity index (χ3v) is 6.61. The Kier molecular flexibility index (Phi) is 5.87. The molecule has 6 nitrogen and oxygen atoms in total. The molecule has 25 heavy (non-hydrogen) atoms. The molecule has 0 spiro atoms. The fourth-order valence-corrected chi connectivity index (χ4v) is 3.95. The van der Waals surface area contributed by atoms with E-state index >= 15 is 0 Å². The van der Waals surface area contributed by atoms with Crippen molar-refractivity contribution in [3.8, 4) is 0 Å². The van der Waals surface area contributed by atoms with Gasteiger partial charge in [0.25, 0.3) is 0 Å². The number of rotatable bonds is 6. The predicted octanol–water partition coefficient (Wildman–Crippen LogP) is 2.13. The monoisotopic (exact) mass is 367 g/mol. The number of amides is 1. The van der Waals surface area contributed by atoms with Crippen LogP contribution in [-0.4, -0.2) is 49.1 Å². The molecule has 2 rings (SSSR count). The first kappa shape index (κ1) is 19.4. The molecule has 1 aromatic carbocycles. The Labute approximate surface area is 148 Å². The van der Waals surface area contributed by atoms with Gasteiger partial charge in [-0.3, -0.25) is 9.59 Å². The maximum atomic E-state index is 12.4. The number of carbonyl (C=O) groups is 2. The van der Waals surface area contributed by atoms with Crippen molar-refractivity contribution in [3.05, 3.63) is 29.8 Å². The van der Waals surface area contributed by atoms with Crippen molar-refractivity contribution in [1.29, 1.82) is 0 Å². The van der Waals surface area contributed by atoms with Gasteiger partial charge in [-0.05, 0) is 43.9 Å². The maximum Gasteiger partial charge on any atom is 0.311 e. The van der Waals surface area contributed by atoms with E-state index in [-0.39, 0.29) is 24.6 Å². The Morgan fingerprint density at radius 2 is 1.88 bits per heavy atom. The first-order valence-electron chi connectivity index (χ1n) is 8.51. The number of carbonyl (C=O) groups excluding carboxylic acids is 1. The molecule has 7 heteroatoms. The van der Waals surface area contributed by atoms with Crippen LogP contribution in [0, 0.1) is 5.41 Å². The minimum absolute atomic E-state index is 0.0577. The van der Waals surface area contributed by atoms with Gasteiger partial charge >= 0.3 is 5.97 Å². The van der Waals surface area contributed by atoms with E-state index in [1.807, 2.05) is 0 Å². The summed E-state index contributed by atoms with van der Waals surface area (Å²) in [7, 11) is -3.22. The topological polar surface area (TPSA) is 91.8 Å². The number of aryl methyl sites for hydroxylation is 1. The zero-order valence-electron chi connectivity index (χ0n) is 14.7. The van der Waals surface area contributed by atoms with Gasteiger partial charge in [-0.15, -0.1) is 0 Å². The van der Waals surface area contributed by atoms with Crippen LogP contribution in [0.15, 0.2) is 29.2 Å². The maximum absolute atomic E-state index is 12.4. The summed E-state index contributed by atoms with van der Waals surface area (Å²) >= 11 is 0. The molecule has 1 aromatic rings. The van der Waals surface area contributed by atoms with Gasteiger partial charge in [0.15, 0.2) is 9.84 Å². The van der Waals surface area contributed by atoms with E-state index in [9.17, 15) is 23.1 Å². The molecule has 1 N–H and O–H groups in total. The number of nitrogens with zero attached hydrogens (tertiary/aromatic N) is 1. The summed E-state index contributed by atoms with van der Waals surface area (Å²) in [4.78, 5) is 25.7. The molecular formula is C18H25NO5S. The second kappa shape index (κ2) is 7.56. The van der Waals surface area contributed by atoms with Crippen molar-refractivity contribution >= 4 is 21.7 Å². The minimum Gasteiger partial charge on any atom is -0.481 e. The third-order valence-electron chi connectivity index (χ3n) is 4.86. The molecular weight excluding hydrogens is 342 g/mol. The van der Waals surface area contributed by atoms with Gasteiger partial charge in [0, 0.05) is 19.5 Å². The van der Waals surface area contributed by atoms with Crippen LogP contribution >= 0.6 is 0 Å². The molecule has 0 bridgehead atoms. The van der Waals surface area contributed by atoms with Crippen molar-refractivity contribution in [2.24, 2.45) is 5.41 Å². The molecule has 1 unspecified atom stereocenters. The average Bonchev–Trinajstić information content (AvgIpc) is 2.60. The van der Waals surface area contributed by atoms with Gasteiger partial charge in [-0.25, -0.2) is 8.42 Å². The van der Waals surface area contributed by atoms with E-state index in [2.05, 4.69) is 0 Å². The summed E-state index contributed by atoms with van der Waals surface area (Å²) < 4.78 is 23.6. The van der Waals surface area contributed by atoms with Gasteiger partial charge in [0.05, 0.1) is 16.1 Å². The van der Waals surface area contributed by atoms with Crippen LogP contribution in [0.3, 0.4) is 0 Å². The lowest BCUT2D eigenvalue weighted by atomic mass is 9.82. The largest absolute Gasteiger partial charge is 0.481 e. The highest BCUT2D eigenvalue weighted by molar-refractivity contribution is 7.91. The number of sulfone groups is 1. The Bertz CT molecular complexity index is 741. The van der Waals surface area contributed by atoms with Crippen molar-refractivity contribution < 1.29 is 23.1 Å². The molecule has 0 aromatic heterocycles. The molecule has 1 aliphatic rings. The zero-order chi connectivity index (χ0) is 18.7. The number of hydrogen-bond donors (Lipinski definition) is 1. The van der Waals surface area contributed by atoms with E-state index in [0.29, 0.717) is 30.7 Å². The SMILES string of the molecule is CCS(=O)(=O)c1ccc(CCC(=O)N2CCCC(C)(C(=O)O)C2)cc1. The Hall–Kier alpha value is -1.89. The number of hydrogen-bond acceptors (Lipinski definition) is 4. The number of carboxylic acid groups (broad SMARTS) is 1. The van der Waals surface area contributed by atoms with Gasteiger partial charge in [0.1, 0.15) is 0 Å². The third kappa shape index (κ3) is 4.60. The lowest BCUT2D eigenvalue weighted by Gasteiger charge is -2.37. The summed E-state index contributed by atoms with van der Waals surface area (Å²) in [6.07, 6.45) is 2.07. The summed E-state index contributed by atoms with van der Waals surface area (Å²) in [6, 6.07) is 6.60. The number of likely N-dealkylation sites (tertiary alicyclic amines) is 1. The van der Waals surface area contributed by atoms with E-state index < -0.39 is 21.2 Å². The van der Waals surface area contributed by atoms with Crippen LogP contribution < -0.4 is 0 Å². The number of aliphatic carboxylic acids is 1. The van der Waals surface area contributed by atoms with Gasteiger partial charge in [-0.1, -0.05) is 19.1 Å². The summed E-state index contributed by atoms with van der Waals surface area (Å²) in [5, 5.41) is 9.33. The normalized spacial score (nSPS) is 21.1. The minimum atomic E-state index is -3.22. The lowest BCUT2D eigenvalue weighted by Crippen LogP contribution is -2.48. The fraction of sp³-hybridized carbons (Fsp3) is 0.556. The molecule has 1 saturated heterocycles. The molecule has 1 amide bonds. The van der Waals surface area contributed by atoms with E-state index in [1.54, 1.807) is 43.0 Å². The van der Waals surface area contributed by atoms with Crippen LogP contribution in [-0.2, 0) is 25.8 Å². The molecule has 0 aliphatic carbocycles. The van der Waals surface area contributed by atoms with E-state index in [0.717, 1.165) is 5.56 Å². The van der Waals surface area contributed by atoms with E-state index in [1.165, 1.54) is 0 Å². The Balaban J connectivity index is 1.95. The van der Waals surface area contributed by atoms with Gasteiger partial charge < -0.3 is 10.0 Å². The number of carboxylic acids is 1. The highest BCUT2D eigenvalue weighted by Crippen LogP contribution is 2.30. The second-order valence-corrected chi connectivity index (χ2v) is 9.11. The van der Waals surface area contributed by atoms with Gasteiger partial charge in [0.2, 0.25) is 5.91 Å². The van der Waals surface area contributed by atoms with Crippen molar-refractivity contribution in [3.63, 3.8) is 0 Å². The zero-order valence-corrected chi connectivity index (χ0v) is 15.5. The predicted molar refractivity (Wildman–Crippen MR) is 94.0 cm³/mol. The van der Waals surface area contributed by atoms with Crippen molar-refractivity contribution in [2.45, 2.75) is 44.4 Å². The van der Waals surface area contributed by atoms with Crippen LogP contribution in [0.5, 0.6) is 0 Å². The van der Waals surface area contributed by atoms with Crippen molar-refractivity contribution in [1.82, 2.24) is 4.90 Å².